The summed E-state index contributed by atoms with van der Waals surface area (Å²) in [5.41, 5.74) is 1.36. The molecule has 0 N–H and O–H groups in total. The second-order valence-corrected chi connectivity index (χ2v) is 7.46. The molecule has 114 valence electrons. The molecule has 5 heteroatoms. The Morgan fingerprint density at radius 3 is 2.20 bits per heavy atom. The van der Waals surface area contributed by atoms with Crippen molar-refractivity contribution in [3.05, 3.63) is 35.9 Å². The molecule has 0 aliphatic carbocycles. The van der Waals surface area contributed by atoms with Crippen LogP contribution in [0.4, 0.5) is 0 Å². The summed E-state index contributed by atoms with van der Waals surface area (Å²) < 4.78 is 32.5. The molecule has 4 nitrogen and oxygen atoms in total. The van der Waals surface area contributed by atoms with E-state index in [1.807, 2.05) is 6.07 Å². The van der Waals surface area contributed by atoms with E-state index in [1.165, 1.54) is 5.56 Å². The van der Waals surface area contributed by atoms with Gasteiger partial charge in [-0.25, -0.2) is 8.42 Å². The van der Waals surface area contributed by atoms with Gasteiger partial charge >= 0.3 is 0 Å². The lowest BCUT2D eigenvalue weighted by Crippen LogP contribution is -2.41. The number of quaternary nitrogens is 1. The molecule has 0 bridgehead atoms. The highest BCUT2D eigenvalue weighted by atomic mass is 32.2. The highest BCUT2D eigenvalue weighted by Gasteiger charge is 2.14. The maximum Gasteiger partial charge on any atom is 0.0948 e. The Balaban J connectivity index is 2.19. The molecule has 0 aliphatic heterocycles. The van der Waals surface area contributed by atoms with E-state index in [-0.39, 0.29) is 5.75 Å². The van der Waals surface area contributed by atoms with E-state index in [9.17, 15) is 13.0 Å². The summed E-state index contributed by atoms with van der Waals surface area (Å²) in [6.07, 6.45) is 3.75. The topological polar surface area (TPSA) is 57.2 Å². The van der Waals surface area contributed by atoms with Crippen LogP contribution < -0.4 is 0 Å². The molecule has 0 saturated heterocycles. The highest BCUT2D eigenvalue weighted by Crippen LogP contribution is 2.08. The van der Waals surface area contributed by atoms with E-state index < -0.39 is 10.1 Å². The van der Waals surface area contributed by atoms with Crippen molar-refractivity contribution < 1.29 is 17.5 Å². The zero-order valence-electron chi connectivity index (χ0n) is 12.4. The largest absolute Gasteiger partial charge is 0.748 e. The smallest absolute Gasteiger partial charge is 0.0948 e. The maximum absolute atomic E-state index is 10.6. The number of nitrogens with zero attached hydrogens (tertiary/aromatic N) is 1. The van der Waals surface area contributed by atoms with E-state index in [0.717, 1.165) is 36.8 Å². The predicted molar refractivity (Wildman–Crippen MR) is 80.4 cm³/mol. The second-order valence-electron chi connectivity index (χ2n) is 5.94. The summed E-state index contributed by atoms with van der Waals surface area (Å²) in [7, 11) is 0.0988. The number of unbranched alkanes of at least 4 members (excludes halogenated alkanes) is 1. The molecule has 0 saturated carbocycles. The average Bonchev–Trinajstić information content (AvgIpc) is 2.34. The van der Waals surface area contributed by atoms with Gasteiger partial charge < -0.3 is 9.04 Å². The van der Waals surface area contributed by atoms with Gasteiger partial charge in [-0.05, 0) is 24.8 Å². The van der Waals surface area contributed by atoms with Crippen molar-refractivity contribution in [3.8, 4) is 0 Å². The SMILES string of the molecule is C[N+](C)(CCCCc1ccccc1)CCCS(=O)(=O)[O-]. The van der Waals surface area contributed by atoms with Crippen molar-refractivity contribution >= 4 is 10.1 Å². The monoisotopic (exact) mass is 299 g/mol. The first-order valence-electron chi connectivity index (χ1n) is 7.08. The number of rotatable bonds is 9. The average molecular weight is 299 g/mol. The summed E-state index contributed by atoms with van der Waals surface area (Å²) in [5.74, 6) is -0.251. The van der Waals surface area contributed by atoms with Crippen LogP contribution in [0.25, 0.3) is 0 Å². The third-order valence-electron chi connectivity index (χ3n) is 3.48. The van der Waals surface area contributed by atoms with Crippen LogP contribution in [-0.2, 0) is 16.5 Å². The molecule has 1 aromatic carbocycles. The standard InChI is InChI=1S/C15H25NO3S/c1-16(2,13-8-14-20(17,18)19)12-7-6-11-15-9-4-3-5-10-15/h3-5,9-10H,6-8,11-14H2,1-2H3. The minimum absolute atomic E-state index is 0.251. The number of aryl methyl sites for hydroxylation is 1. The Hall–Kier alpha value is -0.910. The van der Waals surface area contributed by atoms with Crippen LogP contribution in [-0.4, -0.2) is 50.4 Å². The third kappa shape index (κ3) is 8.30. The summed E-state index contributed by atoms with van der Waals surface area (Å²) in [6, 6.07) is 10.4. The van der Waals surface area contributed by atoms with Crippen LogP contribution in [0.3, 0.4) is 0 Å². The van der Waals surface area contributed by atoms with Crippen molar-refractivity contribution in [1.29, 1.82) is 0 Å². The molecular weight excluding hydrogens is 274 g/mol. The number of benzene rings is 1. The van der Waals surface area contributed by atoms with Crippen molar-refractivity contribution in [2.24, 2.45) is 0 Å². The fourth-order valence-electron chi connectivity index (χ4n) is 2.29. The molecular formula is C15H25NO3S. The normalized spacial score (nSPS) is 12.6. The molecule has 20 heavy (non-hydrogen) atoms. The summed E-state index contributed by atoms with van der Waals surface area (Å²) >= 11 is 0. The van der Waals surface area contributed by atoms with Crippen LogP contribution in [0.15, 0.2) is 30.3 Å². The van der Waals surface area contributed by atoms with Gasteiger partial charge in [-0.15, -0.1) is 0 Å². The molecule has 1 rings (SSSR count). The number of hydrogen-bond donors (Lipinski definition) is 0. The van der Waals surface area contributed by atoms with Gasteiger partial charge in [-0.3, -0.25) is 0 Å². The molecule has 0 fully saturated rings. The zero-order valence-corrected chi connectivity index (χ0v) is 13.2. The molecule has 0 aliphatic rings. The summed E-state index contributed by atoms with van der Waals surface area (Å²) in [5, 5.41) is 0. The van der Waals surface area contributed by atoms with Gasteiger partial charge in [0.25, 0.3) is 0 Å². The van der Waals surface area contributed by atoms with Crippen molar-refractivity contribution in [2.45, 2.75) is 25.7 Å². The van der Waals surface area contributed by atoms with Crippen LogP contribution in [0.5, 0.6) is 0 Å². The van der Waals surface area contributed by atoms with Crippen molar-refractivity contribution in [1.82, 2.24) is 0 Å². The van der Waals surface area contributed by atoms with Crippen molar-refractivity contribution in [2.75, 3.05) is 32.9 Å². The Morgan fingerprint density at radius 2 is 1.60 bits per heavy atom. The maximum atomic E-state index is 10.6. The molecule has 0 atom stereocenters. The predicted octanol–water partition coefficient (Wildman–Crippen LogP) is 2.02. The fourth-order valence-corrected chi connectivity index (χ4v) is 2.78. The summed E-state index contributed by atoms with van der Waals surface area (Å²) in [4.78, 5) is 0. The minimum Gasteiger partial charge on any atom is -0.748 e. The molecule has 0 radical (unpaired) electrons. The first-order valence-corrected chi connectivity index (χ1v) is 8.66. The second kappa shape index (κ2) is 7.76. The van der Waals surface area contributed by atoms with E-state index in [1.54, 1.807) is 0 Å². The van der Waals surface area contributed by atoms with Crippen molar-refractivity contribution in [3.63, 3.8) is 0 Å². The van der Waals surface area contributed by atoms with Crippen LogP contribution >= 0.6 is 0 Å². The van der Waals surface area contributed by atoms with E-state index in [2.05, 4.69) is 38.4 Å². The van der Waals surface area contributed by atoms with Gasteiger partial charge in [0, 0.05) is 12.2 Å². The van der Waals surface area contributed by atoms with Crippen LogP contribution in [0, 0.1) is 0 Å². The molecule has 1 aromatic rings. The molecule has 0 aromatic heterocycles. The first-order chi connectivity index (χ1) is 9.29. The lowest BCUT2D eigenvalue weighted by Gasteiger charge is -2.30. The molecule has 0 heterocycles. The lowest BCUT2D eigenvalue weighted by molar-refractivity contribution is -0.890. The van der Waals surface area contributed by atoms with Crippen LogP contribution in [0.2, 0.25) is 0 Å². The molecule has 0 spiro atoms. The fraction of sp³-hybridized carbons (Fsp3) is 0.600. The van der Waals surface area contributed by atoms with Gasteiger partial charge in [-0.1, -0.05) is 30.3 Å². The third-order valence-corrected chi connectivity index (χ3v) is 4.27. The van der Waals surface area contributed by atoms with Gasteiger partial charge in [0.05, 0.1) is 37.3 Å². The first kappa shape index (κ1) is 17.1. The van der Waals surface area contributed by atoms with Gasteiger partial charge in [0.1, 0.15) is 0 Å². The lowest BCUT2D eigenvalue weighted by atomic mass is 10.1. The summed E-state index contributed by atoms with van der Waals surface area (Å²) in [6.45, 7) is 1.73. The van der Waals surface area contributed by atoms with E-state index in [4.69, 9.17) is 0 Å². The van der Waals surface area contributed by atoms with Gasteiger partial charge in [0.15, 0.2) is 0 Å². The number of hydrogen-bond acceptors (Lipinski definition) is 3. The van der Waals surface area contributed by atoms with Gasteiger partial charge in [0.2, 0.25) is 0 Å². The van der Waals surface area contributed by atoms with E-state index >= 15 is 0 Å². The zero-order chi connectivity index (χ0) is 15.1. The Kier molecular flexibility index (Phi) is 6.65. The Morgan fingerprint density at radius 1 is 1.00 bits per heavy atom. The molecule has 0 amide bonds. The Labute approximate surface area is 122 Å². The highest BCUT2D eigenvalue weighted by molar-refractivity contribution is 7.85. The van der Waals surface area contributed by atoms with E-state index in [0.29, 0.717) is 6.42 Å². The minimum atomic E-state index is -4.07. The molecule has 0 unspecified atom stereocenters. The quantitative estimate of drug-likeness (QED) is 0.398. The Bertz CT molecular complexity index is 483. The van der Waals surface area contributed by atoms with Crippen LogP contribution in [0.1, 0.15) is 24.8 Å². The van der Waals surface area contributed by atoms with Gasteiger partial charge in [-0.2, -0.15) is 0 Å².